The molecule has 30 heavy (non-hydrogen) atoms. The van der Waals surface area contributed by atoms with Gasteiger partial charge in [-0.1, -0.05) is 41.9 Å². The molecule has 0 spiro atoms. The van der Waals surface area contributed by atoms with Crippen molar-refractivity contribution in [3.05, 3.63) is 71.4 Å². The summed E-state index contributed by atoms with van der Waals surface area (Å²) in [5, 5.41) is 8.11. The average molecular weight is 423 g/mol. The Bertz CT molecular complexity index is 1030. The van der Waals surface area contributed by atoms with Gasteiger partial charge in [-0.15, -0.1) is 0 Å². The minimum atomic E-state index is -0.203. The molecular formula is C23H23ClN4O2. The molecule has 4 rings (SSSR count). The summed E-state index contributed by atoms with van der Waals surface area (Å²) >= 11 is 6.02. The van der Waals surface area contributed by atoms with E-state index in [2.05, 4.69) is 5.32 Å². The van der Waals surface area contributed by atoms with Crippen molar-refractivity contribution in [3.8, 4) is 16.9 Å². The van der Waals surface area contributed by atoms with Crippen molar-refractivity contribution < 1.29 is 9.59 Å². The number of hydrogen-bond acceptors (Lipinski definition) is 3. The van der Waals surface area contributed by atoms with Crippen molar-refractivity contribution in [2.75, 3.05) is 19.6 Å². The number of likely N-dealkylation sites (tertiary alicyclic amines) is 1. The predicted molar refractivity (Wildman–Crippen MR) is 117 cm³/mol. The van der Waals surface area contributed by atoms with E-state index in [1.807, 2.05) is 48.7 Å². The molecule has 0 unspecified atom stereocenters. The smallest absolute Gasteiger partial charge is 0.241 e. The molecule has 1 saturated heterocycles. The van der Waals surface area contributed by atoms with Crippen LogP contribution in [0.2, 0.25) is 5.02 Å². The minimum Gasteiger partial charge on any atom is -0.347 e. The van der Waals surface area contributed by atoms with Gasteiger partial charge in [0.2, 0.25) is 11.8 Å². The molecule has 1 aliphatic heterocycles. The summed E-state index contributed by atoms with van der Waals surface area (Å²) in [6.07, 6.45) is 4.06. The molecule has 0 radical (unpaired) electrons. The van der Waals surface area contributed by atoms with Crippen molar-refractivity contribution in [1.29, 1.82) is 0 Å². The second kappa shape index (κ2) is 9.13. The van der Waals surface area contributed by atoms with E-state index in [-0.39, 0.29) is 24.8 Å². The highest BCUT2D eigenvalue weighted by Gasteiger charge is 2.19. The molecule has 154 valence electrons. The number of carbonyl (C=O) groups excluding carboxylic acids is 2. The number of hydrogen-bond donors (Lipinski definition) is 1. The zero-order chi connectivity index (χ0) is 20.9. The highest BCUT2D eigenvalue weighted by Crippen LogP contribution is 2.25. The van der Waals surface area contributed by atoms with Crippen molar-refractivity contribution in [3.63, 3.8) is 0 Å². The topological polar surface area (TPSA) is 67.2 Å². The van der Waals surface area contributed by atoms with Gasteiger partial charge in [0.25, 0.3) is 0 Å². The average Bonchev–Trinajstić information content (AvgIpc) is 3.44. The third-order valence-electron chi connectivity index (χ3n) is 5.17. The van der Waals surface area contributed by atoms with E-state index < -0.39 is 0 Å². The molecule has 0 aliphatic carbocycles. The van der Waals surface area contributed by atoms with Crippen molar-refractivity contribution in [2.24, 2.45) is 0 Å². The predicted octanol–water partition coefficient (Wildman–Crippen LogP) is 3.47. The van der Waals surface area contributed by atoms with Gasteiger partial charge in [0.15, 0.2) is 0 Å². The van der Waals surface area contributed by atoms with Crippen molar-refractivity contribution in [2.45, 2.75) is 19.3 Å². The van der Waals surface area contributed by atoms with Crippen LogP contribution in [-0.4, -0.2) is 46.1 Å². The monoisotopic (exact) mass is 422 g/mol. The van der Waals surface area contributed by atoms with Gasteiger partial charge in [-0.25, -0.2) is 4.68 Å². The van der Waals surface area contributed by atoms with Gasteiger partial charge in [-0.05, 0) is 37.1 Å². The number of benzene rings is 2. The molecule has 0 bridgehead atoms. The number of nitrogens with one attached hydrogen (secondary N) is 1. The number of aromatic nitrogens is 2. The van der Waals surface area contributed by atoms with Crippen LogP contribution in [-0.2, 0) is 16.0 Å². The first kappa shape index (κ1) is 20.2. The Labute approximate surface area is 180 Å². The number of rotatable bonds is 6. The summed E-state index contributed by atoms with van der Waals surface area (Å²) in [6.45, 7) is 1.58. The lowest BCUT2D eigenvalue weighted by Crippen LogP contribution is -2.39. The summed E-state index contributed by atoms with van der Waals surface area (Å²) in [6, 6.07) is 17.1. The van der Waals surface area contributed by atoms with E-state index in [0.717, 1.165) is 48.4 Å². The summed E-state index contributed by atoms with van der Waals surface area (Å²) in [5.41, 5.74) is 3.29. The molecular weight excluding hydrogens is 400 g/mol. The number of para-hydroxylation sites is 1. The van der Waals surface area contributed by atoms with Crippen LogP contribution in [0.5, 0.6) is 0 Å². The van der Waals surface area contributed by atoms with Gasteiger partial charge >= 0.3 is 0 Å². The van der Waals surface area contributed by atoms with Crippen molar-refractivity contribution in [1.82, 2.24) is 20.0 Å². The summed E-state index contributed by atoms with van der Waals surface area (Å²) in [7, 11) is 0. The van der Waals surface area contributed by atoms with Crippen LogP contribution in [0.1, 0.15) is 18.4 Å². The maximum Gasteiger partial charge on any atom is 0.241 e. The lowest BCUT2D eigenvalue weighted by atomic mass is 10.1. The molecule has 1 fully saturated rings. The molecule has 0 saturated carbocycles. The second-order valence-electron chi connectivity index (χ2n) is 7.33. The molecule has 3 aromatic rings. The van der Waals surface area contributed by atoms with E-state index in [4.69, 9.17) is 16.7 Å². The van der Waals surface area contributed by atoms with Crippen LogP contribution < -0.4 is 5.32 Å². The molecule has 1 aromatic heterocycles. The number of nitrogens with zero attached hydrogens (tertiary/aromatic N) is 3. The zero-order valence-electron chi connectivity index (χ0n) is 16.6. The lowest BCUT2D eigenvalue weighted by Gasteiger charge is -2.15. The standard InChI is InChI=1S/C23H23ClN4O2/c24-19-10-8-17(9-11-19)23-18(16-28(26-23)20-6-2-1-3-7-20)14-21(29)25-15-22(30)27-12-4-5-13-27/h1-3,6-11,16H,4-5,12-15H2,(H,25,29). The molecule has 2 amide bonds. The normalized spacial score (nSPS) is 13.4. The molecule has 1 aliphatic rings. The molecule has 2 aromatic carbocycles. The first-order valence-electron chi connectivity index (χ1n) is 10.0. The van der Waals surface area contributed by atoms with Gasteiger partial charge in [0.05, 0.1) is 24.3 Å². The Morgan fingerprint density at radius 3 is 2.40 bits per heavy atom. The van der Waals surface area contributed by atoms with E-state index in [1.54, 1.807) is 21.7 Å². The van der Waals surface area contributed by atoms with Crippen molar-refractivity contribution >= 4 is 23.4 Å². The molecule has 2 heterocycles. The first-order valence-corrected chi connectivity index (χ1v) is 10.4. The largest absolute Gasteiger partial charge is 0.347 e. The molecule has 1 N–H and O–H groups in total. The van der Waals surface area contributed by atoms with E-state index in [0.29, 0.717) is 5.02 Å². The van der Waals surface area contributed by atoms with Gasteiger partial charge in [0, 0.05) is 35.4 Å². The third kappa shape index (κ3) is 4.71. The molecule has 7 heteroatoms. The first-order chi connectivity index (χ1) is 14.6. The number of carbonyl (C=O) groups is 2. The fraction of sp³-hybridized carbons (Fsp3) is 0.261. The fourth-order valence-electron chi connectivity index (χ4n) is 3.59. The van der Waals surface area contributed by atoms with Gasteiger partial charge in [-0.3, -0.25) is 9.59 Å². The number of amides is 2. The van der Waals surface area contributed by atoms with E-state index >= 15 is 0 Å². The third-order valence-corrected chi connectivity index (χ3v) is 5.43. The van der Waals surface area contributed by atoms with E-state index in [9.17, 15) is 9.59 Å². The molecule has 6 nitrogen and oxygen atoms in total. The summed E-state index contributed by atoms with van der Waals surface area (Å²) < 4.78 is 1.77. The maximum atomic E-state index is 12.6. The molecule has 0 atom stereocenters. The van der Waals surface area contributed by atoms with E-state index in [1.165, 1.54) is 0 Å². The lowest BCUT2D eigenvalue weighted by molar-refractivity contribution is -0.131. The van der Waals surface area contributed by atoms with Gasteiger partial charge < -0.3 is 10.2 Å². The Hall–Kier alpha value is -3.12. The summed E-state index contributed by atoms with van der Waals surface area (Å²) in [5.74, 6) is -0.232. The highest BCUT2D eigenvalue weighted by molar-refractivity contribution is 6.30. The highest BCUT2D eigenvalue weighted by atomic mass is 35.5. The Morgan fingerprint density at radius 1 is 1.00 bits per heavy atom. The van der Waals surface area contributed by atoms with Crippen LogP contribution in [0, 0.1) is 0 Å². The second-order valence-corrected chi connectivity index (χ2v) is 7.77. The van der Waals surface area contributed by atoms with Crippen LogP contribution in [0.15, 0.2) is 60.8 Å². The minimum absolute atomic E-state index is 0.0289. The van der Waals surface area contributed by atoms with Crippen LogP contribution in [0.25, 0.3) is 16.9 Å². The Morgan fingerprint density at radius 2 is 1.70 bits per heavy atom. The zero-order valence-corrected chi connectivity index (χ0v) is 17.3. The maximum absolute atomic E-state index is 12.6. The Balaban J connectivity index is 1.53. The van der Waals surface area contributed by atoms with Crippen LogP contribution in [0.3, 0.4) is 0 Å². The summed E-state index contributed by atoms with van der Waals surface area (Å²) in [4.78, 5) is 26.6. The van der Waals surface area contributed by atoms with Crippen LogP contribution >= 0.6 is 11.6 Å². The fourth-order valence-corrected chi connectivity index (χ4v) is 3.72. The number of halogens is 1. The van der Waals surface area contributed by atoms with Crippen LogP contribution in [0.4, 0.5) is 0 Å². The van der Waals surface area contributed by atoms with Gasteiger partial charge in [0.1, 0.15) is 0 Å². The SMILES string of the molecule is O=C(Cc1cn(-c2ccccc2)nc1-c1ccc(Cl)cc1)NCC(=O)N1CCCC1. The quantitative estimate of drug-likeness (QED) is 0.661. The van der Waals surface area contributed by atoms with Gasteiger partial charge in [-0.2, -0.15) is 5.10 Å². The Kier molecular flexibility index (Phi) is 6.14.